The van der Waals surface area contributed by atoms with Gasteiger partial charge in [0, 0.05) is 19.3 Å². The molecular formula is C9H15N3O. The largest absolute Gasteiger partial charge is 0.374 e. The third kappa shape index (κ3) is 2.29. The zero-order chi connectivity index (χ0) is 9.10. The lowest BCUT2D eigenvalue weighted by atomic mass is 10.3. The molecule has 0 aromatic carbocycles. The number of nitrogens with zero attached hydrogens (tertiary/aromatic N) is 2. The molecule has 1 aromatic rings. The third-order valence-corrected chi connectivity index (χ3v) is 2.16. The van der Waals surface area contributed by atoms with Crippen molar-refractivity contribution >= 4 is 0 Å². The molecule has 13 heavy (non-hydrogen) atoms. The van der Waals surface area contributed by atoms with Crippen LogP contribution in [0.15, 0.2) is 12.4 Å². The van der Waals surface area contributed by atoms with Crippen molar-refractivity contribution in [1.82, 2.24) is 15.1 Å². The number of ether oxygens (including phenoxy) is 1. The molecule has 0 spiro atoms. The summed E-state index contributed by atoms with van der Waals surface area (Å²) in [5, 5.41) is 7.51. The van der Waals surface area contributed by atoms with Gasteiger partial charge in [0.25, 0.3) is 0 Å². The van der Waals surface area contributed by atoms with Gasteiger partial charge in [-0.3, -0.25) is 4.68 Å². The Morgan fingerprint density at radius 3 is 3.31 bits per heavy atom. The SMILES string of the molecule is Cc1cnn(CC2CNCCO2)c1. The Bertz CT molecular complexity index is 266. The maximum absolute atomic E-state index is 5.57. The van der Waals surface area contributed by atoms with Crippen molar-refractivity contribution in [1.29, 1.82) is 0 Å². The van der Waals surface area contributed by atoms with Crippen molar-refractivity contribution in [2.45, 2.75) is 19.6 Å². The molecule has 1 fully saturated rings. The van der Waals surface area contributed by atoms with Gasteiger partial charge in [-0.1, -0.05) is 0 Å². The molecule has 4 heteroatoms. The first-order chi connectivity index (χ1) is 6.34. The van der Waals surface area contributed by atoms with E-state index in [0.717, 1.165) is 26.2 Å². The topological polar surface area (TPSA) is 39.1 Å². The quantitative estimate of drug-likeness (QED) is 0.707. The minimum Gasteiger partial charge on any atom is -0.374 e. The molecule has 72 valence electrons. The van der Waals surface area contributed by atoms with Crippen molar-refractivity contribution in [3.05, 3.63) is 18.0 Å². The molecule has 2 rings (SSSR count). The summed E-state index contributed by atoms with van der Waals surface area (Å²) in [5.41, 5.74) is 1.20. The molecule has 1 unspecified atom stereocenters. The molecular weight excluding hydrogens is 166 g/mol. The van der Waals surface area contributed by atoms with Gasteiger partial charge >= 0.3 is 0 Å². The van der Waals surface area contributed by atoms with E-state index in [1.54, 1.807) is 0 Å². The average Bonchev–Trinajstić information content (AvgIpc) is 2.53. The van der Waals surface area contributed by atoms with Crippen LogP contribution in [0.4, 0.5) is 0 Å². The lowest BCUT2D eigenvalue weighted by molar-refractivity contribution is 0.0161. The smallest absolute Gasteiger partial charge is 0.0895 e. The van der Waals surface area contributed by atoms with Crippen molar-refractivity contribution in [2.75, 3.05) is 19.7 Å². The Kier molecular flexibility index (Phi) is 2.61. The van der Waals surface area contributed by atoms with Crippen molar-refractivity contribution in [2.24, 2.45) is 0 Å². The zero-order valence-corrected chi connectivity index (χ0v) is 7.86. The van der Waals surface area contributed by atoms with E-state index in [2.05, 4.69) is 10.4 Å². The van der Waals surface area contributed by atoms with Crippen molar-refractivity contribution < 1.29 is 4.74 Å². The minimum absolute atomic E-state index is 0.271. The van der Waals surface area contributed by atoms with E-state index < -0.39 is 0 Å². The molecule has 1 aromatic heterocycles. The number of aryl methyl sites for hydroxylation is 1. The highest BCUT2D eigenvalue weighted by Gasteiger charge is 2.13. The maximum atomic E-state index is 5.57. The van der Waals surface area contributed by atoms with E-state index in [9.17, 15) is 0 Å². The lowest BCUT2D eigenvalue weighted by Crippen LogP contribution is -2.40. The maximum Gasteiger partial charge on any atom is 0.0895 e. The summed E-state index contributed by atoms with van der Waals surface area (Å²) in [6, 6.07) is 0. The van der Waals surface area contributed by atoms with E-state index in [-0.39, 0.29) is 6.10 Å². The van der Waals surface area contributed by atoms with Crippen LogP contribution in [0.2, 0.25) is 0 Å². The van der Waals surface area contributed by atoms with Crippen LogP contribution in [-0.2, 0) is 11.3 Å². The lowest BCUT2D eigenvalue weighted by Gasteiger charge is -2.23. The van der Waals surface area contributed by atoms with Gasteiger partial charge in [-0.2, -0.15) is 5.10 Å². The van der Waals surface area contributed by atoms with Gasteiger partial charge in [0.05, 0.1) is 25.5 Å². The van der Waals surface area contributed by atoms with E-state index in [1.807, 2.05) is 24.0 Å². The second-order valence-corrected chi connectivity index (χ2v) is 3.44. The summed E-state index contributed by atoms with van der Waals surface area (Å²) in [6.07, 6.45) is 4.18. The number of aromatic nitrogens is 2. The number of hydrogen-bond donors (Lipinski definition) is 1. The molecule has 0 bridgehead atoms. The van der Waals surface area contributed by atoms with Gasteiger partial charge in [0.1, 0.15) is 0 Å². The standard InChI is InChI=1S/C9H15N3O/c1-8-4-11-12(6-8)7-9-5-10-2-3-13-9/h4,6,9-10H,2-3,5,7H2,1H3. The molecule has 1 aliphatic rings. The van der Waals surface area contributed by atoms with Crippen molar-refractivity contribution in [3.63, 3.8) is 0 Å². The van der Waals surface area contributed by atoms with Gasteiger partial charge in [0.15, 0.2) is 0 Å². The number of nitrogens with one attached hydrogen (secondary N) is 1. The van der Waals surface area contributed by atoms with E-state index in [4.69, 9.17) is 4.74 Å². The van der Waals surface area contributed by atoms with Crippen LogP contribution in [0, 0.1) is 6.92 Å². The fourth-order valence-corrected chi connectivity index (χ4v) is 1.51. The number of rotatable bonds is 2. The zero-order valence-electron chi connectivity index (χ0n) is 7.86. The summed E-state index contributed by atoms with van der Waals surface area (Å²) >= 11 is 0. The molecule has 1 N–H and O–H groups in total. The average molecular weight is 181 g/mol. The van der Waals surface area contributed by atoms with E-state index in [0.29, 0.717) is 0 Å². The molecule has 0 radical (unpaired) electrons. The predicted molar refractivity (Wildman–Crippen MR) is 49.6 cm³/mol. The second kappa shape index (κ2) is 3.89. The predicted octanol–water partition coefficient (Wildman–Crippen LogP) is 0.180. The van der Waals surface area contributed by atoms with Crippen LogP contribution in [-0.4, -0.2) is 35.6 Å². The van der Waals surface area contributed by atoms with E-state index >= 15 is 0 Å². The fraction of sp³-hybridized carbons (Fsp3) is 0.667. The Balaban J connectivity index is 1.89. The van der Waals surface area contributed by atoms with Gasteiger partial charge in [-0.15, -0.1) is 0 Å². The summed E-state index contributed by atoms with van der Waals surface area (Å²) < 4.78 is 7.51. The minimum atomic E-state index is 0.271. The fourth-order valence-electron chi connectivity index (χ4n) is 1.51. The highest BCUT2D eigenvalue weighted by molar-refractivity contribution is 4.99. The number of morpholine rings is 1. The number of hydrogen-bond acceptors (Lipinski definition) is 3. The first-order valence-corrected chi connectivity index (χ1v) is 4.66. The third-order valence-electron chi connectivity index (χ3n) is 2.16. The Hall–Kier alpha value is -0.870. The van der Waals surface area contributed by atoms with Crippen molar-refractivity contribution in [3.8, 4) is 0 Å². The highest BCUT2D eigenvalue weighted by atomic mass is 16.5. The summed E-state index contributed by atoms with van der Waals surface area (Å²) in [6.45, 7) is 5.60. The normalized spacial score (nSPS) is 23.3. The van der Waals surface area contributed by atoms with Crippen LogP contribution in [0.3, 0.4) is 0 Å². The Morgan fingerprint density at radius 1 is 1.77 bits per heavy atom. The summed E-state index contributed by atoms with van der Waals surface area (Å²) in [5.74, 6) is 0. The van der Waals surface area contributed by atoms with Crippen LogP contribution in [0.25, 0.3) is 0 Å². The second-order valence-electron chi connectivity index (χ2n) is 3.44. The van der Waals surface area contributed by atoms with E-state index in [1.165, 1.54) is 5.56 Å². The molecule has 4 nitrogen and oxygen atoms in total. The summed E-state index contributed by atoms with van der Waals surface area (Å²) in [7, 11) is 0. The molecule has 0 amide bonds. The van der Waals surface area contributed by atoms with Gasteiger partial charge < -0.3 is 10.1 Å². The molecule has 0 aliphatic carbocycles. The van der Waals surface area contributed by atoms with Crippen LogP contribution in [0.1, 0.15) is 5.56 Å². The van der Waals surface area contributed by atoms with Gasteiger partial charge in [-0.25, -0.2) is 0 Å². The highest BCUT2D eigenvalue weighted by Crippen LogP contribution is 2.01. The van der Waals surface area contributed by atoms with Crippen LogP contribution < -0.4 is 5.32 Å². The Morgan fingerprint density at radius 2 is 2.69 bits per heavy atom. The van der Waals surface area contributed by atoms with Crippen LogP contribution in [0.5, 0.6) is 0 Å². The van der Waals surface area contributed by atoms with Crippen LogP contribution >= 0.6 is 0 Å². The molecule has 0 saturated carbocycles. The monoisotopic (exact) mass is 181 g/mol. The summed E-state index contributed by atoms with van der Waals surface area (Å²) in [4.78, 5) is 0. The molecule has 1 aliphatic heterocycles. The van der Waals surface area contributed by atoms with Gasteiger partial charge in [-0.05, 0) is 12.5 Å². The van der Waals surface area contributed by atoms with Gasteiger partial charge in [0.2, 0.25) is 0 Å². The first-order valence-electron chi connectivity index (χ1n) is 4.66. The molecule has 1 saturated heterocycles. The first kappa shape index (κ1) is 8.72. The molecule has 1 atom stereocenters. The Labute approximate surface area is 77.9 Å². The molecule has 2 heterocycles.